The van der Waals surface area contributed by atoms with E-state index in [4.69, 9.17) is 9.47 Å². The van der Waals surface area contributed by atoms with Gasteiger partial charge in [-0.3, -0.25) is 4.79 Å². The maximum absolute atomic E-state index is 14.2. The van der Waals surface area contributed by atoms with Crippen molar-refractivity contribution in [3.63, 3.8) is 0 Å². The van der Waals surface area contributed by atoms with Gasteiger partial charge in [-0.2, -0.15) is 4.98 Å². The molecule has 1 N–H and O–H groups in total. The van der Waals surface area contributed by atoms with E-state index < -0.39 is 10.0 Å². The Balaban J connectivity index is 1.68. The second-order valence-electron chi connectivity index (χ2n) is 11.2. The number of benzene rings is 3. The first kappa shape index (κ1) is 30.0. The lowest BCUT2D eigenvalue weighted by Crippen LogP contribution is -2.44. The van der Waals surface area contributed by atoms with Gasteiger partial charge in [0.15, 0.2) is 0 Å². The van der Waals surface area contributed by atoms with Crippen molar-refractivity contribution in [1.82, 2.24) is 14.9 Å². The van der Waals surface area contributed by atoms with Crippen LogP contribution in [0.15, 0.2) is 77.7 Å². The second kappa shape index (κ2) is 12.4. The van der Waals surface area contributed by atoms with Crippen molar-refractivity contribution in [2.24, 2.45) is 5.92 Å². The average molecular weight is 601 g/mol. The summed E-state index contributed by atoms with van der Waals surface area (Å²) in [5.74, 6) is 0.663. The van der Waals surface area contributed by atoms with E-state index >= 15 is 0 Å². The van der Waals surface area contributed by atoms with E-state index in [9.17, 15) is 13.2 Å². The van der Waals surface area contributed by atoms with E-state index in [1.807, 2.05) is 56.3 Å². The van der Waals surface area contributed by atoms with Gasteiger partial charge >= 0.3 is 0 Å². The number of hydrogen-bond donors (Lipinski definition) is 1. The maximum atomic E-state index is 14.2. The lowest BCUT2D eigenvalue weighted by atomic mass is 10.00. The minimum atomic E-state index is -4.14. The Morgan fingerprint density at radius 2 is 1.72 bits per heavy atom. The molecule has 0 unspecified atom stereocenters. The monoisotopic (exact) mass is 600 g/mol. The number of fused-ring (bicyclic) bond motifs is 4. The number of carbonyl (C=O) groups is 1. The van der Waals surface area contributed by atoms with Crippen molar-refractivity contribution < 1.29 is 22.7 Å². The highest BCUT2D eigenvalue weighted by Gasteiger charge is 2.30. The highest BCUT2D eigenvalue weighted by molar-refractivity contribution is 7.92. The summed E-state index contributed by atoms with van der Waals surface area (Å²) in [6, 6.07) is 20.8. The number of nitrogens with one attached hydrogen (secondary N) is 1. The predicted octanol–water partition coefficient (Wildman–Crippen LogP) is 6.02. The largest absolute Gasteiger partial charge is 0.496 e. The molecule has 224 valence electrons. The summed E-state index contributed by atoms with van der Waals surface area (Å²) in [5, 5.41) is 0. The van der Waals surface area contributed by atoms with Crippen LogP contribution in [0, 0.1) is 19.8 Å². The maximum Gasteiger partial charge on any atom is 0.264 e. The van der Waals surface area contributed by atoms with E-state index in [2.05, 4.69) is 28.5 Å². The number of ether oxygens (including phenoxy) is 2. The number of amides is 1. The molecule has 0 fully saturated rings. The molecule has 0 saturated carbocycles. The third kappa shape index (κ3) is 6.64. The number of nitrogens with zero attached hydrogens (tertiary/aromatic N) is 3. The highest BCUT2D eigenvalue weighted by Crippen LogP contribution is 2.31. The third-order valence-electron chi connectivity index (χ3n) is 7.46. The van der Waals surface area contributed by atoms with Gasteiger partial charge in [0.1, 0.15) is 12.4 Å². The molecule has 0 aliphatic carbocycles. The molecule has 4 bridgehead atoms. The van der Waals surface area contributed by atoms with E-state index in [1.54, 1.807) is 30.2 Å². The fourth-order valence-corrected chi connectivity index (χ4v) is 6.42. The van der Waals surface area contributed by atoms with Crippen molar-refractivity contribution in [3.8, 4) is 22.9 Å². The molecule has 43 heavy (non-hydrogen) atoms. The molecule has 1 aliphatic heterocycles. The van der Waals surface area contributed by atoms with Crippen LogP contribution in [0.2, 0.25) is 0 Å². The van der Waals surface area contributed by atoms with Crippen LogP contribution in [0.3, 0.4) is 0 Å². The molecule has 3 aromatic carbocycles. The summed E-state index contributed by atoms with van der Waals surface area (Å²) >= 11 is 0. The normalized spacial score (nSPS) is 16.4. The molecule has 10 heteroatoms. The molecule has 5 rings (SSSR count). The Morgan fingerprint density at radius 3 is 2.44 bits per heavy atom. The number of methoxy groups -OCH3 is 1. The molecule has 2 heterocycles. The van der Waals surface area contributed by atoms with Gasteiger partial charge < -0.3 is 14.4 Å². The Labute approximate surface area is 253 Å². The number of anilines is 1. The molecule has 0 saturated heterocycles. The van der Waals surface area contributed by atoms with Crippen molar-refractivity contribution in [1.29, 1.82) is 0 Å². The van der Waals surface area contributed by atoms with Crippen LogP contribution in [-0.4, -0.2) is 49.0 Å². The Kier molecular flexibility index (Phi) is 8.68. The number of rotatable bonds is 6. The van der Waals surface area contributed by atoms with E-state index in [0.29, 0.717) is 17.9 Å². The van der Waals surface area contributed by atoms with Gasteiger partial charge in [-0.15, -0.1) is 0 Å². The zero-order valence-electron chi connectivity index (χ0n) is 25.0. The minimum Gasteiger partial charge on any atom is -0.496 e. The first-order valence-electron chi connectivity index (χ1n) is 14.2. The molecule has 1 aromatic heterocycles. The molecule has 1 aliphatic rings. The van der Waals surface area contributed by atoms with Crippen LogP contribution in [0.25, 0.3) is 11.3 Å². The van der Waals surface area contributed by atoms with Gasteiger partial charge in [0.05, 0.1) is 30.3 Å². The number of aryl methyl sites for hydroxylation is 2. The molecule has 4 aromatic rings. The zero-order valence-corrected chi connectivity index (χ0v) is 25.8. The second-order valence-corrected chi connectivity index (χ2v) is 12.8. The van der Waals surface area contributed by atoms with Crippen LogP contribution < -0.4 is 14.2 Å². The Hall–Kier alpha value is -4.44. The predicted molar refractivity (Wildman–Crippen MR) is 166 cm³/mol. The molecule has 0 radical (unpaired) electrons. The molecule has 9 nitrogen and oxygen atoms in total. The molecule has 0 spiro atoms. The van der Waals surface area contributed by atoms with Gasteiger partial charge in [-0.05, 0) is 61.6 Å². The minimum absolute atomic E-state index is 0.0706. The van der Waals surface area contributed by atoms with Crippen LogP contribution in [0.4, 0.5) is 5.95 Å². The summed E-state index contributed by atoms with van der Waals surface area (Å²) < 4.78 is 41.5. The topological polar surface area (TPSA) is 111 Å². The highest BCUT2D eigenvalue weighted by atomic mass is 32.2. The van der Waals surface area contributed by atoms with Crippen molar-refractivity contribution in [2.45, 2.75) is 51.6 Å². The number of sulfonamides is 1. The number of hydrogen-bond acceptors (Lipinski definition) is 7. The average Bonchev–Trinajstić information content (AvgIpc) is 2.97. The summed E-state index contributed by atoms with van der Waals surface area (Å²) in [5.41, 5.74) is 4.43. The fraction of sp³-hybridized carbons (Fsp3) is 0.303. The van der Waals surface area contributed by atoms with Gasteiger partial charge in [-0.25, -0.2) is 18.1 Å². The molecular weight excluding hydrogens is 564 g/mol. The third-order valence-corrected chi connectivity index (χ3v) is 8.78. The number of para-hydroxylation sites is 1. The van der Waals surface area contributed by atoms with E-state index in [0.717, 1.165) is 22.3 Å². The fourth-order valence-electron chi connectivity index (χ4n) is 5.43. The Bertz CT molecular complexity index is 1740. The SMILES string of the molecule is COc1ccccc1CN1C(=O)c2cccc(c2)S(=O)(=O)Nc2nc(cc(-c3c(C)cccc3C)n2)OC[C@H]1CC(C)C. The first-order valence-corrected chi connectivity index (χ1v) is 15.7. The van der Waals surface area contributed by atoms with Gasteiger partial charge in [0, 0.05) is 22.8 Å². The molecule has 1 atom stereocenters. The molecule has 1 amide bonds. The van der Waals surface area contributed by atoms with Crippen molar-refractivity contribution in [2.75, 3.05) is 18.4 Å². The lowest BCUT2D eigenvalue weighted by molar-refractivity contribution is 0.0551. The van der Waals surface area contributed by atoms with Crippen LogP contribution in [-0.2, 0) is 16.6 Å². The van der Waals surface area contributed by atoms with E-state index in [1.165, 1.54) is 12.1 Å². The number of carbonyl (C=O) groups excluding carboxylic acids is 1. The van der Waals surface area contributed by atoms with E-state index in [-0.39, 0.29) is 53.3 Å². The smallest absolute Gasteiger partial charge is 0.264 e. The Morgan fingerprint density at radius 1 is 1.00 bits per heavy atom. The van der Waals surface area contributed by atoms with Gasteiger partial charge in [0.25, 0.3) is 15.9 Å². The summed E-state index contributed by atoms with van der Waals surface area (Å²) in [6.45, 7) is 8.50. The lowest BCUT2D eigenvalue weighted by Gasteiger charge is -2.33. The summed E-state index contributed by atoms with van der Waals surface area (Å²) in [7, 11) is -2.55. The van der Waals surface area contributed by atoms with Crippen LogP contribution in [0.1, 0.15) is 47.3 Å². The number of aromatic nitrogens is 2. The van der Waals surface area contributed by atoms with Gasteiger partial charge in [-0.1, -0.05) is 56.3 Å². The quantitative estimate of drug-likeness (QED) is 0.288. The summed E-state index contributed by atoms with van der Waals surface area (Å²) in [4.78, 5) is 24.9. The zero-order chi connectivity index (χ0) is 30.7. The van der Waals surface area contributed by atoms with Crippen LogP contribution in [0.5, 0.6) is 11.6 Å². The van der Waals surface area contributed by atoms with Crippen molar-refractivity contribution >= 4 is 21.9 Å². The van der Waals surface area contributed by atoms with Gasteiger partial charge in [0.2, 0.25) is 11.8 Å². The molecular formula is C33H36N4O5S. The van der Waals surface area contributed by atoms with Crippen LogP contribution >= 0.6 is 0 Å². The van der Waals surface area contributed by atoms with Crippen molar-refractivity contribution in [3.05, 3.63) is 95.1 Å². The summed E-state index contributed by atoms with van der Waals surface area (Å²) in [6.07, 6.45) is 0.638. The standard InChI is InChI=1S/C33H36N4O5S/c1-21(2)16-26-20-42-30-18-28(31-22(3)10-8-11-23(31)4)34-33(35-30)36-43(39,40)27-14-9-13-24(17-27)32(38)37(26)19-25-12-6-7-15-29(25)41-5/h6-15,17-18,21,26H,16,19-20H2,1-5H3,(H,34,35,36)/t26-/m1/s1. The first-order chi connectivity index (χ1) is 20.6.